The summed E-state index contributed by atoms with van der Waals surface area (Å²) in [6.07, 6.45) is -2.93. The van der Waals surface area contributed by atoms with Crippen LogP contribution in [0.4, 0.5) is 18.0 Å². The number of ether oxygens (including phenoxy) is 1. The van der Waals surface area contributed by atoms with Gasteiger partial charge in [-0.05, 0) is 38.5 Å². The summed E-state index contributed by atoms with van der Waals surface area (Å²) in [5.41, 5.74) is -1.18. The van der Waals surface area contributed by atoms with Crippen molar-refractivity contribution in [2.45, 2.75) is 26.4 Å². The van der Waals surface area contributed by atoms with Crippen molar-refractivity contribution < 1.29 is 22.7 Å². The third-order valence-electron chi connectivity index (χ3n) is 2.38. The van der Waals surface area contributed by atoms with Gasteiger partial charge in [0.25, 0.3) is 6.08 Å². The van der Waals surface area contributed by atoms with Crippen molar-refractivity contribution >= 4 is 11.7 Å². The monoisotopic (exact) mass is 302 g/mol. The van der Waals surface area contributed by atoms with Gasteiger partial charge in [-0.15, -0.1) is 0 Å². The third kappa shape index (κ3) is 5.47. The summed E-state index contributed by atoms with van der Waals surface area (Å²) in [6, 6.07) is 4.47. The van der Waals surface area contributed by atoms with Crippen molar-refractivity contribution in [3.63, 3.8) is 0 Å². The number of carbonyl (C=O) groups is 1. The Bertz CT molecular complexity index is 532. The zero-order valence-corrected chi connectivity index (χ0v) is 12.0. The second-order valence-electron chi connectivity index (χ2n) is 5.35. The highest BCUT2D eigenvalue weighted by Gasteiger charge is 2.22. The molecular weight excluding hydrogens is 285 g/mol. The van der Waals surface area contributed by atoms with Gasteiger partial charge < -0.3 is 4.74 Å². The number of amides is 1. The van der Waals surface area contributed by atoms with Crippen LogP contribution < -0.4 is 5.84 Å². The molecule has 0 radical (unpaired) electrons. The number of hydrazine groups is 1. The Morgan fingerprint density at radius 1 is 1.24 bits per heavy atom. The fourth-order valence-corrected chi connectivity index (χ4v) is 1.47. The Labute approximate surface area is 121 Å². The van der Waals surface area contributed by atoms with Crippen LogP contribution in [-0.2, 0) is 4.74 Å². The smallest absolute Gasteiger partial charge is 0.424 e. The number of nitrogens with zero attached hydrogens (tertiary/aromatic N) is 1. The van der Waals surface area contributed by atoms with Crippen molar-refractivity contribution in [1.82, 2.24) is 5.01 Å². The molecule has 7 heteroatoms. The first kappa shape index (κ1) is 17.0. The van der Waals surface area contributed by atoms with Crippen molar-refractivity contribution in [3.05, 3.63) is 41.7 Å². The summed E-state index contributed by atoms with van der Waals surface area (Å²) in [6.45, 7) is 4.34. The molecule has 4 nitrogen and oxygen atoms in total. The Balaban J connectivity index is 2.88. The molecule has 0 aromatic heterocycles. The number of benzene rings is 1. The maximum Gasteiger partial charge on any atom is 0.424 e. The zero-order chi connectivity index (χ0) is 16.2. The van der Waals surface area contributed by atoms with Gasteiger partial charge in [-0.3, -0.25) is 0 Å². The van der Waals surface area contributed by atoms with E-state index in [9.17, 15) is 18.0 Å². The first-order chi connectivity index (χ1) is 9.60. The lowest BCUT2D eigenvalue weighted by atomic mass is 10.1. The third-order valence-corrected chi connectivity index (χ3v) is 2.38. The lowest BCUT2D eigenvalue weighted by molar-refractivity contribution is 0.0273. The van der Waals surface area contributed by atoms with Crippen LogP contribution in [-0.4, -0.2) is 23.2 Å². The van der Waals surface area contributed by atoms with Gasteiger partial charge >= 0.3 is 6.09 Å². The molecule has 2 N–H and O–H groups in total. The van der Waals surface area contributed by atoms with E-state index in [0.717, 1.165) is 12.1 Å². The SMILES string of the molecule is CC(C)(C)OC(=O)N(N)CC(=C(F)F)c1ccc(F)cc1. The lowest BCUT2D eigenvalue weighted by Gasteiger charge is -2.24. The summed E-state index contributed by atoms with van der Waals surface area (Å²) < 4.78 is 43.8. The Hall–Kier alpha value is -2.02. The van der Waals surface area contributed by atoms with Gasteiger partial charge in [0.2, 0.25) is 0 Å². The average molecular weight is 302 g/mol. The number of hydrogen-bond acceptors (Lipinski definition) is 3. The van der Waals surface area contributed by atoms with E-state index in [4.69, 9.17) is 10.6 Å². The molecule has 0 bridgehead atoms. The maximum atomic E-state index is 13.0. The summed E-state index contributed by atoms with van der Waals surface area (Å²) in [7, 11) is 0. The molecule has 0 atom stereocenters. The van der Waals surface area contributed by atoms with Crippen LogP contribution in [0.15, 0.2) is 30.3 Å². The molecule has 0 heterocycles. The van der Waals surface area contributed by atoms with Crippen molar-refractivity contribution in [2.75, 3.05) is 6.54 Å². The fourth-order valence-electron chi connectivity index (χ4n) is 1.47. The van der Waals surface area contributed by atoms with Crippen molar-refractivity contribution in [3.8, 4) is 0 Å². The molecule has 0 fully saturated rings. The van der Waals surface area contributed by atoms with Crippen LogP contribution in [0.3, 0.4) is 0 Å². The minimum absolute atomic E-state index is 0.0791. The van der Waals surface area contributed by atoms with Crippen molar-refractivity contribution in [2.24, 2.45) is 5.84 Å². The lowest BCUT2D eigenvalue weighted by Crippen LogP contribution is -2.42. The van der Waals surface area contributed by atoms with E-state index in [0.29, 0.717) is 5.01 Å². The normalized spacial score (nSPS) is 11.0. The van der Waals surface area contributed by atoms with Crippen LogP contribution in [0.5, 0.6) is 0 Å². The van der Waals surface area contributed by atoms with E-state index in [1.807, 2.05) is 0 Å². The summed E-state index contributed by atoms with van der Waals surface area (Å²) in [5, 5.41) is 0.545. The standard InChI is InChI=1S/C14H17F3N2O2/c1-14(2,3)21-13(20)19(18)8-11(12(16)17)9-4-6-10(15)7-5-9/h4-7H,8,18H2,1-3H3. The minimum Gasteiger partial charge on any atom is -0.443 e. The van der Waals surface area contributed by atoms with E-state index in [2.05, 4.69) is 0 Å². The molecule has 1 aromatic carbocycles. The number of carbonyl (C=O) groups excluding carboxylic acids is 1. The Morgan fingerprint density at radius 2 is 1.76 bits per heavy atom. The quantitative estimate of drug-likeness (QED) is 0.528. The van der Waals surface area contributed by atoms with E-state index in [1.165, 1.54) is 12.1 Å². The molecule has 0 aliphatic carbocycles. The Kier molecular flexibility index (Phi) is 5.37. The molecule has 1 amide bonds. The van der Waals surface area contributed by atoms with Gasteiger partial charge in [-0.1, -0.05) is 12.1 Å². The van der Waals surface area contributed by atoms with Crippen LogP contribution >= 0.6 is 0 Å². The summed E-state index contributed by atoms with van der Waals surface area (Å²) in [4.78, 5) is 11.7. The highest BCUT2D eigenvalue weighted by atomic mass is 19.3. The van der Waals surface area contributed by atoms with Crippen LogP contribution in [0, 0.1) is 5.82 Å². The second kappa shape index (κ2) is 6.62. The molecule has 116 valence electrons. The molecule has 0 aliphatic rings. The second-order valence-corrected chi connectivity index (χ2v) is 5.35. The predicted octanol–water partition coefficient (Wildman–Crippen LogP) is 3.54. The fraction of sp³-hybridized carbons (Fsp3) is 0.357. The number of halogens is 3. The van der Waals surface area contributed by atoms with Crippen LogP contribution in [0.25, 0.3) is 5.57 Å². The van der Waals surface area contributed by atoms with Crippen LogP contribution in [0.1, 0.15) is 26.3 Å². The van der Waals surface area contributed by atoms with Gasteiger partial charge in [-0.2, -0.15) is 8.78 Å². The molecule has 0 saturated carbocycles. The molecular formula is C14H17F3N2O2. The van der Waals surface area contributed by atoms with E-state index < -0.39 is 35.7 Å². The molecule has 21 heavy (non-hydrogen) atoms. The first-order valence-corrected chi connectivity index (χ1v) is 6.15. The van der Waals surface area contributed by atoms with Gasteiger partial charge in [0.1, 0.15) is 11.4 Å². The van der Waals surface area contributed by atoms with Gasteiger partial charge in [0.15, 0.2) is 0 Å². The maximum absolute atomic E-state index is 13.0. The highest BCUT2D eigenvalue weighted by molar-refractivity contribution is 5.74. The van der Waals surface area contributed by atoms with E-state index in [-0.39, 0.29) is 5.56 Å². The van der Waals surface area contributed by atoms with E-state index in [1.54, 1.807) is 20.8 Å². The molecule has 0 saturated heterocycles. The predicted molar refractivity (Wildman–Crippen MR) is 72.7 cm³/mol. The minimum atomic E-state index is -2.00. The van der Waals surface area contributed by atoms with Crippen molar-refractivity contribution in [1.29, 1.82) is 0 Å². The zero-order valence-electron chi connectivity index (χ0n) is 12.0. The van der Waals surface area contributed by atoms with Gasteiger partial charge in [0, 0.05) is 5.57 Å². The van der Waals surface area contributed by atoms with Gasteiger partial charge in [-0.25, -0.2) is 20.0 Å². The summed E-state index contributed by atoms with van der Waals surface area (Å²) in [5.74, 6) is 4.90. The molecule has 0 spiro atoms. The Morgan fingerprint density at radius 3 is 2.19 bits per heavy atom. The number of hydrogen-bond donors (Lipinski definition) is 1. The van der Waals surface area contributed by atoms with Crippen LogP contribution in [0.2, 0.25) is 0 Å². The topological polar surface area (TPSA) is 55.6 Å². The van der Waals surface area contributed by atoms with Gasteiger partial charge in [0.05, 0.1) is 6.54 Å². The molecule has 1 aromatic rings. The van der Waals surface area contributed by atoms with E-state index >= 15 is 0 Å². The number of nitrogens with two attached hydrogens (primary N) is 1. The molecule has 1 rings (SSSR count). The number of rotatable bonds is 3. The molecule has 0 aliphatic heterocycles. The summed E-state index contributed by atoms with van der Waals surface area (Å²) >= 11 is 0. The molecule has 0 unspecified atom stereocenters. The first-order valence-electron chi connectivity index (χ1n) is 6.15. The highest BCUT2D eigenvalue weighted by Crippen LogP contribution is 2.22. The largest absolute Gasteiger partial charge is 0.443 e. The average Bonchev–Trinajstić information content (AvgIpc) is 2.34.